The first-order valence-electron chi connectivity index (χ1n) is 5.80. The van der Waals surface area contributed by atoms with Gasteiger partial charge in [0, 0.05) is 25.6 Å². The molecule has 0 aliphatic rings. The zero-order valence-corrected chi connectivity index (χ0v) is 11.6. The molecule has 1 aromatic rings. The summed E-state index contributed by atoms with van der Waals surface area (Å²) in [5.41, 5.74) is 0. The van der Waals surface area contributed by atoms with Crippen molar-refractivity contribution in [2.24, 2.45) is 5.92 Å². The molecule has 0 saturated heterocycles. The summed E-state index contributed by atoms with van der Waals surface area (Å²) in [7, 11) is 1.70. The summed E-state index contributed by atoms with van der Waals surface area (Å²) in [5.74, 6) is 2.23. The molecule has 0 aromatic carbocycles. The zero-order chi connectivity index (χ0) is 12.8. The second-order valence-electron chi connectivity index (χ2n) is 4.53. The molecule has 96 valence electrons. The van der Waals surface area contributed by atoms with Crippen LogP contribution in [0.1, 0.15) is 32.5 Å². The first kappa shape index (κ1) is 14.2. The van der Waals surface area contributed by atoms with E-state index in [-0.39, 0.29) is 5.92 Å². The molecule has 17 heavy (non-hydrogen) atoms. The molecular weight excluding hydrogens is 238 g/mol. The molecule has 1 rings (SSSR count). The summed E-state index contributed by atoms with van der Waals surface area (Å²) in [6.07, 6.45) is 0. The van der Waals surface area contributed by atoms with E-state index >= 15 is 0 Å². The van der Waals surface area contributed by atoms with Crippen LogP contribution >= 0.6 is 11.6 Å². The fourth-order valence-corrected chi connectivity index (χ4v) is 1.60. The Morgan fingerprint density at radius 1 is 1.35 bits per heavy atom. The van der Waals surface area contributed by atoms with Crippen LogP contribution in [0.2, 0.25) is 5.15 Å². The molecule has 1 heterocycles. The van der Waals surface area contributed by atoms with Crippen molar-refractivity contribution in [3.05, 3.63) is 17.0 Å². The Balaban J connectivity index is 2.64. The van der Waals surface area contributed by atoms with Gasteiger partial charge in [-0.3, -0.25) is 0 Å². The van der Waals surface area contributed by atoms with Crippen LogP contribution in [0.15, 0.2) is 6.07 Å². The van der Waals surface area contributed by atoms with Crippen molar-refractivity contribution < 1.29 is 4.74 Å². The SMILES string of the molecule is COCC(C)CNc1cc(Cl)nc(C(C)C)n1. The second-order valence-corrected chi connectivity index (χ2v) is 4.92. The molecule has 0 bridgehead atoms. The van der Waals surface area contributed by atoms with E-state index in [1.54, 1.807) is 13.2 Å². The monoisotopic (exact) mass is 257 g/mol. The molecule has 1 unspecified atom stereocenters. The Kier molecular flexibility index (Phi) is 5.65. The highest BCUT2D eigenvalue weighted by Gasteiger charge is 2.08. The number of nitrogens with zero attached hydrogens (tertiary/aromatic N) is 2. The standard InChI is InChI=1S/C12H20ClN3O/c1-8(2)12-15-10(13)5-11(16-12)14-6-9(3)7-17-4/h5,8-9H,6-7H2,1-4H3,(H,14,15,16). The van der Waals surface area contributed by atoms with Gasteiger partial charge in [-0.05, 0) is 5.92 Å². The smallest absolute Gasteiger partial charge is 0.135 e. The van der Waals surface area contributed by atoms with Crippen molar-refractivity contribution >= 4 is 17.4 Å². The fourth-order valence-electron chi connectivity index (χ4n) is 1.41. The van der Waals surface area contributed by atoms with Crippen molar-refractivity contribution in [2.45, 2.75) is 26.7 Å². The van der Waals surface area contributed by atoms with Gasteiger partial charge < -0.3 is 10.1 Å². The van der Waals surface area contributed by atoms with Crippen LogP contribution in [0.25, 0.3) is 0 Å². The third-order valence-corrected chi connectivity index (χ3v) is 2.51. The highest BCUT2D eigenvalue weighted by Crippen LogP contribution is 2.17. The third-order valence-electron chi connectivity index (χ3n) is 2.31. The molecule has 0 aliphatic carbocycles. The summed E-state index contributed by atoms with van der Waals surface area (Å²) in [5, 5.41) is 3.73. The highest BCUT2D eigenvalue weighted by atomic mass is 35.5. The van der Waals surface area contributed by atoms with Gasteiger partial charge in [0.1, 0.15) is 16.8 Å². The summed E-state index contributed by atoms with van der Waals surface area (Å²) >= 11 is 5.95. The predicted octanol–water partition coefficient (Wildman–Crippen LogP) is 2.95. The molecule has 0 fully saturated rings. The summed E-state index contributed by atoms with van der Waals surface area (Å²) in [4.78, 5) is 8.60. The van der Waals surface area contributed by atoms with Crippen LogP contribution < -0.4 is 5.32 Å². The molecule has 0 saturated carbocycles. The number of aromatic nitrogens is 2. The molecule has 1 aromatic heterocycles. The number of hydrogen-bond donors (Lipinski definition) is 1. The maximum absolute atomic E-state index is 5.95. The Morgan fingerprint density at radius 2 is 2.06 bits per heavy atom. The van der Waals surface area contributed by atoms with Crippen molar-refractivity contribution in [1.82, 2.24) is 9.97 Å². The third kappa shape index (κ3) is 4.88. The Hall–Kier alpha value is -0.870. The first-order chi connectivity index (χ1) is 8.02. The van der Waals surface area contributed by atoms with Gasteiger partial charge >= 0.3 is 0 Å². The van der Waals surface area contributed by atoms with E-state index in [0.717, 1.165) is 24.8 Å². The molecule has 5 heteroatoms. The van der Waals surface area contributed by atoms with Gasteiger partial charge in [0.25, 0.3) is 0 Å². The lowest BCUT2D eigenvalue weighted by molar-refractivity contribution is 0.164. The molecule has 1 atom stereocenters. The average Bonchev–Trinajstić information content (AvgIpc) is 2.26. The largest absolute Gasteiger partial charge is 0.384 e. The topological polar surface area (TPSA) is 47.0 Å². The minimum Gasteiger partial charge on any atom is -0.384 e. The summed E-state index contributed by atoms with van der Waals surface area (Å²) in [6, 6.07) is 1.74. The number of methoxy groups -OCH3 is 1. The van der Waals surface area contributed by atoms with Crippen LogP contribution in [0.4, 0.5) is 5.82 Å². The van der Waals surface area contributed by atoms with E-state index in [1.165, 1.54) is 0 Å². The van der Waals surface area contributed by atoms with Gasteiger partial charge in [-0.2, -0.15) is 0 Å². The predicted molar refractivity (Wildman–Crippen MR) is 70.7 cm³/mol. The molecule has 1 N–H and O–H groups in total. The van der Waals surface area contributed by atoms with Gasteiger partial charge in [-0.25, -0.2) is 9.97 Å². The van der Waals surface area contributed by atoms with E-state index < -0.39 is 0 Å². The Bertz CT molecular complexity index is 358. The van der Waals surface area contributed by atoms with E-state index in [9.17, 15) is 0 Å². The van der Waals surface area contributed by atoms with E-state index in [0.29, 0.717) is 11.1 Å². The van der Waals surface area contributed by atoms with Crippen molar-refractivity contribution in [3.8, 4) is 0 Å². The maximum Gasteiger partial charge on any atom is 0.135 e. The lowest BCUT2D eigenvalue weighted by Crippen LogP contribution is -2.17. The molecule has 4 nitrogen and oxygen atoms in total. The minimum absolute atomic E-state index is 0.269. The number of ether oxygens (including phenoxy) is 1. The van der Waals surface area contributed by atoms with Gasteiger partial charge in [0.15, 0.2) is 0 Å². The van der Waals surface area contributed by atoms with Crippen LogP contribution in [0.5, 0.6) is 0 Å². The number of hydrogen-bond acceptors (Lipinski definition) is 4. The van der Waals surface area contributed by atoms with Crippen molar-refractivity contribution in [1.29, 1.82) is 0 Å². The van der Waals surface area contributed by atoms with Crippen LogP contribution in [-0.2, 0) is 4.74 Å². The van der Waals surface area contributed by atoms with Gasteiger partial charge in [-0.1, -0.05) is 32.4 Å². The Labute approximate surface area is 108 Å². The van der Waals surface area contributed by atoms with E-state index in [4.69, 9.17) is 16.3 Å². The van der Waals surface area contributed by atoms with Gasteiger partial charge in [0.2, 0.25) is 0 Å². The Morgan fingerprint density at radius 3 is 2.65 bits per heavy atom. The maximum atomic E-state index is 5.95. The van der Waals surface area contributed by atoms with E-state index in [2.05, 4.69) is 22.2 Å². The quantitative estimate of drug-likeness (QED) is 0.796. The van der Waals surface area contributed by atoms with Gasteiger partial charge in [-0.15, -0.1) is 0 Å². The average molecular weight is 258 g/mol. The fraction of sp³-hybridized carbons (Fsp3) is 0.667. The number of halogens is 1. The van der Waals surface area contributed by atoms with Crippen molar-refractivity contribution in [2.75, 3.05) is 25.6 Å². The van der Waals surface area contributed by atoms with E-state index in [1.807, 2.05) is 13.8 Å². The number of anilines is 1. The number of nitrogens with one attached hydrogen (secondary N) is 1. The normalized spacial score (nSPS) is 12.8. The van der Waals surface area contributed by atoms with Crippen LogP contribution in [-0.4, -0.2) is 30.2 Å². The minimum atomic E-state index is 0.269. The molecule has 0 aliphatic heterocycles. The highest BCUT2D eigenvalue weighted by molar-refractivity contribution is 6.29. The van der Waals surface area contributed by atoms with Gasteiger partial charge in [0.05, 0.1) is 6.61 Å². The zero-order valence-electron chi connectivity index (χ0n) is 10.8. The lowest BCUT2D eigenvalue weighted by atomic mass is 10.2. The molecule has 0 spiro atoms. The number of rotatable bonds is 6. The van der Waals surface area contributed by atoms with Crippen LogP contribution in [0.3, 0.4) is 0 Å². The van der Waals surface area contributed by atoms with Crippen molar-refractivity contribution in [3.63, 3.8) is 0 Å². The van der Waals surface area contributed by atoms with Crippen LogP contribution in [0, 0.1) is 5.92 Å². The second kappa shape index (κ2) is 6.77. The molecular formula is C12H20ClN3O. The first-order valence-corrected chi connectivity index (χ1v) is 6.18. The summed E-state index contributed by atoms with van der Waals surface area (Å²) in [6.45, 7) is 7.73. The molecule has 0 radical (unpaired) electrons. The summed E-state index contributed by atoms with van der Waals surface area (Å²) < 4.78 is 5.08. The molecule has 0 amide bonds. The lowest BCUT2D eigenvalue weighted by Gasteiger charge is -2.13.